The van der Waals surface area contributed by atoms with Gasteiger partial charge in [0.15, 0.2) is 5.79 Å². The van der Waals surface area contributed by atoms with Crippen molar-refractivity contribution in [3.05, 3.63) is 6.92 Å². The summed E-state index contributed by atoms with van der Waals surface area (Å²) in [5, 5.41) is 50.0. The molecule has 8 heteroatoms. The van der Waals surface area contributed by atoms with E-state index >= 15 is 0 Å². The van der Waals surface area contributed by atoms with Crippen LogP contribution in [0, 0.1) is 6.92 Å². The van der Waals surface area contributed by atoms with E-state index in [1.165, 1.54) is 6.92 Å². The van der Waals surface area contributed by atoms with Crippen molar-refractivity contribution in [1.29, 1.82) is 0 Å². The molecule has 1 heterocycles. The fourth-order valence-electron chi connectivity index (χ4n) is 2.07. The molecular weight excluding hydrogens is 258 g/mol. The third-order valence-corrected chi connectivity index (χ3v) is 2.94. The Morgan fingerprint density at radius 3 is 2.63 bits per heavy atom. The Balaban J connectivity index is 2.93. The molecule has 1 radical (unpaired) electrons. The van der Waals surface area contributed by atoms with Crippen LogP contribution in [0.4, 0.5) is 0 Å². The lowest BCUT2D eigenvalue weighted by molar-refractivity contribution is -0.279. The minimum absolute atomic E-state index is 0.267. The molecule has 19 heavy (non-hydrogen) atoms. The van der Waals surface area contributed by atoms with E-state index in [4.69, 9.17) is 9.84 Å². The molecule has 0 unspecified atom stereocenters. The van der Waals surface area contributed by atoms with Gasteiger partial charge in [0.2, 0.25) is 5.91 Å². The number of amides is 1. The Kier molecular flexibility index (Phi) is 5.25. The van der Waals surface area contributed by atoms with Gasteiger partial charge in [-0.3, -0.25) is 4.79 Å². The molecule has 1 aliphatic heterocycles. The van der Waals surface area contributed by atoms with Crippen LogP contribution in [0.2, 0.25) is 0 Å². The predicted molar refractivity (Wildman–Crippen MR) is 62.5 cm³/mol. The molecule has 0 aromatic rings. The van der Waals surface area contributed by atoms with Crippen LogP contribution in [0.5, 0.6) is 0 Å². The summed E-state index contributed by atoms with van der Waals surface area (Å²) in [5.41, 5.74) is 0. The minimum Gasteiger partial charge on any atom is -0.394 e. The van der Waals surface area contributed by atoms with Crippen molar-refractivity contribution in [3.63, 3.8) is 0 Å². The number of carbonyl (C=O) groups excluding carboxylic acids is 1. The topological polar surface area (TPSA) is 139 Å². The Morgan fingerprint density at radius 1 is 1.58 bits per heavy atom. The zero-order valence-electron chi connectivity index (χ0n) is 10.6. The summed E-state index contributed by atoms with van der Waals surface area (Å²) in [7, 11) is 0. The maximum Gasteiger partial charge on any atom is 0.217 e. The van der Waals surface area contributed by atoms with Gasteiger partial charge < -0.3 is 35.6 Å². The Hall–Kier alpha value is -0.770. The zero-order valence-corrected chi connectivity index (χ0v) is 10.6. The number of ether oxygens (including phenoxy) is 1. The molecule has 1 saturated heterocycles. The van der Waals surface area contributed by atoms with Crippen LogP contribution < -0.4 is 5.32 Å². The number of carbonyl (C=O) groups is 1. The highest BCUT2D eigenvalue weighted by molar-refractivity contribution is 5.73. The number of nitrogens with one attached hydrogen (secondary N) is 1. The third-order valence-electron chi connectivity index (χ3n) is 2.94. The lowest BCUT2D eigenvalue weighted by Gasteiger charge is -2.45. The molecule has 6 N–H and O–H groups in total. The highest BCUT2D eigenvalue weighted by atomic mass is 16.6. The number of aliphatic hydroxyl groups is 5. The van der Waals surface area contributed by atoms with E-state index in [1.54, 1.807) is 0 Å². The summed E-state index contributed by atoms with van der Waals surface area (Å²) >= 11 is 0. The van der Waals surface area contributed by atoms with E-state index in [2.05, 4.69) is 12.2 Å². The Labute approximate surface area is 110 Å². The number of hydrogen-bond donors (Lipinski definition) is 6. The number of rotatable bonds is 4. The summed E-state index contributed by atoms with van der Waals surface area (Å²) in [4.78, 5) is 11.1. The first-order valence-corrected chi connectivity index (χ1v) is 5.85. The third kappa shape index (κ3) is 4.10. The van der Waals surface area contributed by atoms with Gasteiger partial charge in [-0.25, -0.2) is 0 Å². The van der Waals surface area contributed by atoms with Gasteiger partial charge in [-0.2, -0.15) is 0 Å². The van der Waals surface area contributed by atoms with Crippen LogP contribution in [-0.2, 0) is 9.53 Å². The van der Waals surface area contributed by atoms with E-state index in [9.17, 15) is 25.2 Å². The van der Waals surface area contributed by atoms with Crippen molar-refractivity contribution >= 4 is 5.91 Å². The summed E-state index contributed by atoms with van der Waals surface area (Å²) in [6.45, 7) is 3.79. The molecule has 0 aliphatic carbocycles. The minimum atomic E-state index is -1.95. The molecular formula is C11H20NO7. The molecule has 8 nitrogen and oxygen atoms in total. The summed E-state index contributed by atoms with van der Waals surface area (Å²) in [6, 6.07) is -1.03. The second-order valence-corrected chi connectivity index (χ2v) is 4.77. The van der Waals surface area contributed by atoms with E-state index in [0.717, 1.165) is 0 Å². The van der Waals surface area contributed by atoms with Gasteiger partial charge in [0, 0.05) is 20.3 Å². The number of hydrogen-bond acceptors (Lipinski definition) is 7. The van der Waals surface area contributed by atoms with Crippen LogP contribution in [0.1, 0.15) is 13.3 Å². The molecule has 0 bridgehead atoms. The van der Waals surface area contributed by atoms with Gasteiger partial charge in [-0.15, -0.1) is 0 Å². The molecule has 1 rings (SSSR count). The second-order valence-electron chi connectivity index (χ2n) is 4.77. The lowest BCUT2D eigenvalue weighted by Crippen LogP contribution is -2.65. The highest BCUT2D eigenvalue weighted by Crippen LogP contribution is 2.29. The van der Waals surface area contributed by atoms with Crippen molar-refractivity contribution in [1.82, 2.24) is 5.32 Å². The summed E-state index contributed by atoms with van der Waals surface area (Å²) in [6.07, 6.45) is -5.94. The van der Waals surface area contributed by atoms with Crippen molar-refractivity contribution in [3.8, 4) is 0 Å². The summed E-state index contributed by atoms with van der Waals surface area (Å²) in [5.74, 6) is -2.42. The first-order chi connectivity index (χ1) is 8.68. The van der Waals surface area contributed by atoms with Crippen LogP contribution >= 0.6 is 0 Å². The Morgan fingerprint density at radius 2 is 2.16 bits per heavy atom. The van der Waals surface area contributed by atoms with Crippen molar-refractivity contribution in [2.75, 3.05) is 6.61 Å². The quantitative estimate of drug-likeness (QED) is 0.320. The van der Waals surface area contributed by atoms with Gasteiger partial charge in [0.1, 0.15) is 18.3 Å². The molecule has 6 atom stereocenters. The smallest absolute Gasteiger partial charge is 0.217 e. The largest absolute Gasteiger partial charge is 0.394 e. The molecule has 111 valence electrons. The van der Waals surface area contributed by atoms with Gasteiger partial charge in [0.25, 0.3) is 0 Å². The van der Waals surface area contributed by atoms with Crippen LogP contribution in [0.15, 0.2) is 0 Å². The van der Waals surface area contributed by atoms with E-state index < -0.39 is 48.8 Å². The average Bonchev–Trinajstić information content (AvgIpc) is 2.29. The molecule has 0 aromatic carbocycles. The van der Waals surface area contributed by atoms with E-state index in [1.807, 2.05) is 0 Å². The maximum atomic E-state index is 11.1. The fraction of sp³-hybridized carbons (Fsp3) is 0.818. The molecule has 0 spiro atoms. The molecule has 0 saturated carbocycles. The first kappa shape index (κ1) is 16.3. The van der Waals surface area contributed by atoms with Crippen molar-refractivity contribution < 1.29 is 35.1 Å². The lowest BCUT2D eigenvalue weighted by atomic mass is 9.89. The first-order valence-electron chi connectivity index (χ1n) is 5.85. The molecule has 0 aromatic heterocycles. The highest BCUT2D eigenvalue weighted by Gasteiger charge is 2.47. The Bertz CT molecular complexity index is 322. The predicted octanol–water partition coefficient (Wildman–Crippen LogP) is -3.12. The van der Waals surface area contributed by atoms with Gasteiger partial charge in [-0.05, 0) is 0 Å². The van der Waals surface area contributed by atoms with Crippen LogP contribution in [0.3, 0.4) is 0 Å². The van der Waals surface area contributed by atoms with Crippen LogP contribution in [0.25, 0.3) is 0 Å². The SMILES string of the molecule is [CH2][C@@]1(O)C[C@H](O)[C@@H](NC(C)=O)[C@H]([C@H](O)[C@H](O)CO)O1. The monoisotopic (exact) mass is 278 g/mol. The van der Waals surface area contributed by atoms with E-state index in [-0.39, 0.29) is 6.42 Å². The van der Waals surface area contributed by atoms with Gasteiger partial charge >= 0.3 is 0 Å². The summed E-state index contributed by atoms with van der Waals surface area (Å²) < 4.78 is 5.09. The zero-order chi connectivity index (χ0) is 14.8. The van der Waals surface area contributed by atoms with Gasteiger partial charge in [0.05, 0.1) is 18.8 Å². The average molecular weight is 278 g/mol. The maximum absolute atomic E-state index is 11.1. The van der Waals surface area contributed by atoms with Crippen molar-refractivity contribution in [2.45, 2.75) is 49.6 Å². The van der Waals surface area contributed by atoms with Crippen LogP contribution in [-0.4, -0.2) is 74.3 Å². The molecule has 1 aliphatic rings. The second kappa shape index (κ2) is 6.12. The van der Waals surface area contributed by atoms with Gasteiger partial charge in [-0.1, -0.05) is 0 Å². The standard InChI is InChI=1S/C11H20NO7/c1-5(14)12-8-6(15)3-11(2,18)19-10(8)9(17)7(16)4-13/h6-10,13,15-18H,2-4H2,1H3,(H,12,14)/t6-,7+,8+,9+,10+,11-/m0/s1. The molecule has 1 fully saturated rings. The van der Waals surface area contributed by atoms with Crippen molar-refractivity contribution in [2.24, 2.45) is 0 Å². The number of aliphatic hydroxyl groups excluding tert-OH is 4. The van der Waals surface area contributed by atoms with E-state index in [0.29, 0.717) is 0 Å². The normalized spacial score (nSPS) is 38.6. The fourth-order valence-corrected chi connectivity index (χ4v) is 2.07. The molecule has 1 amide bonds.